The molecule has 0 saturated heterocycles. The number of aromatic amines is 3. The van der Waals surface area contributed by atoms with E-state index in [0.29, 0.717) is 34.3 Å². The maximum Gasteiger partial charge on any atom is 0.246 e. The number of carbonyl (C=O) groups excluding carboxylic acids is 6. The molecule has 0 saturated carbocycles. The number of rotatable bonds is 27. The van der Waals surface area contributed by atoms with Gasteiger partial charge in [-0.25, -0.2) is 0 Å². The van der Waals surface area contributed by atoms with Gasteiger partial charge in [-0.15, -0.1) is 0 Å². The first kappa shape index (κ1) is 62.6. The quantitative estimate of drug-likeness (QED) is 0.0226. The van der Waals surface area contributed by atoms with Crippen LogP contribution in [-0.4, -0.2) is 109 Å². The minimum absolute atomic E-state index is 0.0259. The van der Waals surface area contributed by atoms with E-state index < -0.39 is 41.8 Å². The summed E-state index contributed by atoms with van der Waals surface area (Å²) in [6, 6.07) is 36.1. The number of methoxy groups -OCH3 is 3. The van der Waals surface area contributed by atoms with Gasteiger partial charge in [-0.3, -0.25) is 28.8 Å². The van der Waals surface area contributed by atoms with Crippen molar-refractivity contribution in [1.82, 2.24) is 30.9 Å². The SMILES string of the molecule is COc1ccc2c(CC(=O)N[C@@H](CCN)C(=O)Nc3ccc(C(c4ccc(NC(=O)[C@H](CCN)NC(=O)Cc5c(C)[nH]c6ccc(OC)cc56)cc4)c4ccc(NC(=O)[C@@H](CCN)NC(=O)Cc5c(C)[nH]c6cc(OC)ccc56)cc4)cc3)c(C)[nH]c2c1. The van der Waals surface area contributed by atoms with Gasteiger partial charge in [0, 0.05) is 84.9 Å². The van der Waals surface area contributed by atoms with E-state index in [9.17, 15) is 28.8 Å². The third-order valence-electron chi connectivity index (χ3n) is 15.8. The van der Waals surface area contributed by atoms with Crippen molar-refractivity contribution in [3.8, 4) is 17.2 Å². The lowest BCUT2D eigenvalue weighted by Crippen LogP contribution is -2.45. The molecule has 3 aromatic heterocycles. The monoisotopic (exact) mass is 1190 g/mol. The van der Waals surface area contributed by atoms with Gasteiger partial charge >= 0.3 is 0 Å². The van der Waals surface area contributed by atoms with E-state index >= 15 is 0 Å². The number of nitrogens with two attached hydrogens (primary N) is 3. The molecule has 1 unspecified atom stereocenters. The number of aromatic nitrogens is 3. The Morgan fingerprint density at radius 3 is 1.03 bits per heavy atom. The summed E-state index contributed by atoms with van der Waals surface area (Å²) in [5, 5.41) is 20.2. The van der Waals surface area contributed by atoms with Crippen LogP contribution >= 0.6 is 0 Å². The van der Waals surface area contributed by atoms with Gasteiger partial charge in [0.05, 0.1) is 40.6 Å². The van der Waals surface area contributed by atoms with E-state index in [2.05, 4.69) is 46.9 Å². The molecule has 9 aromatic rings. The number of H-pyrrole nitrogens is 3. The predicted molar refractivity (Wildman–Crippen MR) is 343 cm³/mol. The number of fused-ring (bicyclic) bond motifs is 3. The lowest BCUT2D eigenvalue weighted by Gasteiger charge is -2.22. The molecule has 0 aliphatic heterocycles. The molecule has 88 heavy (non-hydrogen) atoms. The highest BCUT2D eigenvalue weighted by atomic mass is 16.5. The molecule has 0 aliphatic rings. The van der Waals surface area contributed by atoms with Crippen molar-refractivity contribution in [2.24, 2.45) is 17.2 Å². The fourth-order valence-electron chi connectivity index (χ4n) is 11.2. The molecule has 458 valence electrons. The topological polar surface area (TPSA) is 328 Å². The van der Waals surface area contributed by atoms with Crippen LogP contribution in [0.15, 0.2) is 127 Å². The molecule has 4 atom stereocenters. The molecular weight excluding hydrogens is 1120 g/mol. The zero-order valence-electron chi connectivity index (χ0n) is 50.2. The van der Waals surface area contributed by atoms with Gasteiger partial charge < -0.3 is 78.3 Å². The molecule has 21 nitrogen and oxygen atoms in total. The summed E-state index contributed by atoms with van der Waals surface area (Å²) in [4.78, 5) is 92.3. The normalized spacial score (nSPS) is 12.6. The molecule has 0 aliphatic carbocycles. The Morgan fingerprint density at radius 2 is 0.705 bits per heavy atom. The number of benzene rings is 6. The minimum Gasteiger partial charge on any atom is -0.497 e. The Balaban J connectivity index is 0.913. The fourth-order valence-corrected chi connectivity index (χ4v) is 11.2. The summed E-state index contributed by atoms with van der Waals surface area (Å²) in [6.45, 7) is 6.13. The number of aryl methyl sites for hydroxylation is 3. The first-order valence-electron chi connectivity index (χ1n) is 29.2. The van der Waals surface area contributed by atoms with Crippen molar-refractivity contribution in [2.45, 2.75) is 83.3 Å². The van der Waals surface area contributed by atoms with Gasteiger partial charge in [-0.05, 0) is 172 Å². The molecule has 0 radical (unpaired) electrons. The lowest BCUT2D eigenvalue weighted by atomic mass is 9.85. The highest BCUT2D eigenvalue weighted by Crippen LogP contribution is 2.35. The van der Waals surface area contributed by atoms with Crippen LogP contribution in [0.4, 0.5) is 17.1 Å². The van der Waals surface area contributed by atoms with Crippen molar-refractivity contribution in [1.29, 1.82) is 0 Å². The van der Waals surface area contributed by atoms with Crippen molar-refractivity contribution < 1.29 is 43.0 Å². The van der Waals surface area contributed by atoms with Gasteiger partial charge in [0.1, 0.15) is 35.4 Å². The number of hydrogen-bond acceptors (Lipinski definition) is 12. The van der Waals surface area contributed by atoms with E-state index in [4.69, 9.17) is 31.4 Å². The molecule has 9 rings (SSSR count). The van der Waals surface area contributed by atoms with Gasteiger partial charge in [-0.2, -0.15) is 0 Å². The smallest absolute Gasteiger partial charge is 0.246 e. The van der Waals surface area contributed by atoms with Gasteiger partial charge in [0.25, 0.3) is 0 Å². The van der Waals surface area contributed by atoms with Crippen LogP contribution in [0.2, 0.25) is 0 Å². The number of nitrogens with one attached hydrogen (secondary N) is 9. The van der Waals surface area contributed by atoms with E-state index in [0.717, 1.165) is 83.2 Å². The highest BCUT2D eigenvalue weighted by Gasteiger charge is 2.27. The van der Waals surface area contributed by atoms with Crippen LogP contribution in [0.1, 0.15) is 75.6 Å². The highest BCUT2D eigenvalue weighted by molar-refractivity contribution is 6.01. The number of anilines is 3. The summed E-state index contributed by atoms with van der Waals surface area (Å²) in [5.41, 5.74) is 29.3. The average Bonchev–Trinajstić information content (AvgIpc) is 2.86. The first-order valence-corrected chi connectivity index (χ1v) is 29.2. The Bertz CT molecular complexity index is 3810. The summed E-state index contributed by atoms with van der Waals surface area (Å²) in [7, 11) is 4.77. The van der Waals surface area contributed by atoms with E-state index in [1.54, 1.807) is 57.7 Å². The fraction of sp³-hybridized carbons (Fsp3) is 0.284. The van der Waals surface area contributed by atoms with Gasteiger partial charge in [0.2, 0.25) is 35.4 Å². The minimum atomic E-state index is -0.924. The molecule has 3 heterocycles. The summed E-state index contributed by atoms with van der Waals surface area (Å²) in [5.74, 6) is -0.719. The van der Waals surface area contributed by atoms with Gasteiger partial charge in [0.15, 0.2) is 0 Å². The number of amides is 6. The Morgan fingerprint density at radius 1 is 0.398 bits per heavy atom. The van der Waals surface area contributed by atoms with Crippen molar-refractivity contribution in [3.63, 3.8) is 0 Å². The van der Waals surface area contributed by atoms with Crippen molar-refractivity contribution >= 4 is 85.2 Å². The molecule has 0 fully saturated rings. The zero-order chi connectivity index (χ0) is 62.6. The molecule has 0 spiro atoms. The van der Waals surface area contributed by atoms with Crippen molar-refractivity contribution in [2.75, 3.05) is 56.9 Å². The maximum atomic E-state index is 13.9. The largest absolute Gasteiger partial charge is 0.497 e. The van der Waals surface area contributed by atoms with Crippen LogP contribution in [0.25, 0.3) is 32.7 Å². The average molecular weight is 1190 g/mol. The molecule has 6 aromatic carbocycles. The summed E-state index contributed by atoms with van der Waals surface area (Å²) in [6.07, 6.45) is 0.693. The van der Waals surface area contributed by atoms with Crippen LogP contribution in [0, 0.1) is 20.8 Å². The summed E-state index contributed by atoms with van der Waals surface area (Å²) >= 11 is 0. The zero-order valence-corrected chi connectivity index (χ0v) is 50.2. The van der Waals surface area contributed by atoms with E-state index in [1.807, 2.05) is 112 Å². The van der Waals surface area contributed by atoms with Gasteiger partial charge in [-0.1, -0.05) is 36.4 Å². The third-order valence-corrected chi connectivity index (χ3v) is 15.8. The Labute approximate surface area is 509 Å². The third kappa shape index (κ3) is 14.8. The second kappa shape index (κ2) is 28.5. The molecule has 0 bridgehead atoms. The standard InChI is InChI=1S/C67H76N12O9/c1-37-51(49-22-19-47(87-5)32-59(49)72-37)34-61(80)77-56(25-28-68)65(83)74-43-13-7-40(8-14-43)64(41-9-15-44(16-10-41)75-66(84)57(26-29-69)78-62(81)35-52-38(2)73-60-33-48(88-6)20-23-50(52)60)42-11-17-45(18-12-42)76-67(85)58(27-30-70)79-63(82)36-53-39(3)71-55-24-21-46(86-4)31-54(53)55/h7-24,31-33,56-58,64,71-73H,25-30,34-36,68-70H2,1-6H3,(H,74,83)(H,75,84)(H,76,85)(H,77,80)(H,78,81)(H,79,82)/t56-,57+,58-,64?/m0/s1. The number of ether oxygens (including phenoxy) is 3. The Hall–Kier alpha value is -9.96. The second-order valence-corrected chi connectivity index (χ2v) is 21.8. The van der Waals surface area contributed by atoms with Crippen LogP contribution in [-0.2, 0) is 48.0 Å². The maximum absolute atomic E-state index is 13.9. The first-order chi connectivity index (χ1) is 42.5. The van der Waals surface area contributed by atoms with E-state index in [-0.39, 0.29) is 75.9 Å². The van der Waals surface area contributed by atoms with Crippen molar-refractivity contribution in [3.05, 3.63) is 178 Å². The summed E-state index contributed by atoms with van der Waals surface area (Å²) < 4.78 is 16.2. The van der Waals surface area contributed by atoms with Crippen LogP contribution in [0.3, 0.4) is 0 Å². The number of hydrogen-bond donors (Lipinski definition) is 12. The van der Waals surface area contributed by atoms with E-state index in [1.165, 1.54) is 0 Å². The van der Waals surface area contributed by atoms with Crippen LogP contribution in [0.5, 0.6) is 17.2 Å². The Kier molecular flexibility index (Phi) is 20.3. The molecule has 21 heteroatoms. The molecule has 15 N–H and O–H groups in total. The predicted octanol–water partition coefficient (Wildman–Crippen LogP) is 7.31. The second-order valence-electron chi connectivity index (χ2n) is 21.8. The molecular formula is C67H76N12O9. The molecule has 6 amide bonds. The lowest BCUT2D eigenvalue weighted by molar-refractivity contribution is -0.126. The van der Waals surface area contributed by atoms with Crippen LogP contribution < -0.4 is 63.3 Å². The number of carbonyl (C=O) groups is 6.